The molecule has 1 saturated heterocycles. The number of rotatable bonds is 1. The van der Waals surface area contributed by atoms with Crippen molar-refractivity contribution in [1.82, 2.24) is 5.32 Å². The molecule has 0 aromatic heterocycles. The lowest BCUT2D eigenvalue weighted by atomic mass is 9.60. The van der Waals surface area contributed by atoms with Gasteiger partial charge in [-0.2, -0.15) is 0 Å². The Kier molecular flexibility index (Phi) is 1.31. The van der Waals surface area contributed by atoms with Crippen LogP contribution in [-0.2, 0) is 0 Å². The van der Waals surface area contributed by atoms with Gasteiger partial charge < -0.3 is 5.32 Å². The number of fused-ring (bicyclic) bond motifs is 1. The molecule has 10 heavy (non-hydrogen) atoms. The molecule has 2 aliphatic rings. The lowest BCUT2D eigenvalue weighted by Gasteiger charge is -2.45. The van der Waals surface area contributed by atoms with Crippen LogP contribution in [0.1, 0.15) is 33.1 Å². The lowest BCUT2D eigenvalue weighted by molar-refractivity contribution is 0.0733. The summed E-state index contributed by atoms with van der Waals surface area (Å²) in [6, 6.07) is 0.825. The van der Waals surface area contributed by atoms with Crippen LogP contribution in [0.5, 0.6) is 0 Å². The van der Waals surface area contributed by atoms with Gasteiger partial charge in [0.1, 0.15) is 0 Å². The summed E-state index contributed by atoms with van der Waals surface area (Å²) in [6.07, 6.45) is 4.25. The monoisotopic (exact) mass is 139 g/mol. The standard InChI is InChI=1S/C9H17N/c1-3-8-9(2)5-4-7(9)6-10-8/h7-8,10H,3-6H2,1-2H3/t7?,8-,9?/m1/s1. The van der Waals surface area contributed by atoms with Crippen molar-refractivity contribution in [3.63, 3.8) is 0 Å². The van der Waals surface area contributed by atoms with E-state index in [9.17, 15) is 0 Å². The molecule has 0 amide bonds. The Balaban J connectivity index is 2.11. The van der Waals surface area contributed by atoms with E-state index in [1.54, 1.807) is 0 Å². The molecular weight excluding hydrogens is 122 g/mol. The maximum atomic E-state index is 3.61. The predicted octanol–water partition coefficient (Wildman–Crippen LogP) is 1.78. The zero-order chi connectivity index (χ0) is 7.19. The van der Waals surface area contributed by atoms with Crippen molar-refractivity contribution >= 4 is 0 Å². The van der Waals surface area contributed by atoms with E-state index in [1.807, 2.05) is 0 Å². The van der Waals surface area contributed by atoms with Gasteiger partial charge in [0.05, 0.1) is 0 Å². The van der Waals surface area contributed by atoms with Gasteiger partial charge in [0.15, 0.2) is 0 Å². The normalized spacial score (nSPS) is 52.2. The molecule has 0 spiro atoms. The van der Waals surface area contributed by atoms with Crippen LogP contribution < -0.4 is 5.32 Å². The van der Waals surface area contributed by atoms with Crippen LogP contribution in [0.4, 0.5) is 0 Å². The summed E-state index contributed by atoms with van der Waals surface area (Å²) in [5.74, 6) is 1.01. The molecule has 2 fully saturated rings. The molecule has 3 atom stereocenters. The Labute approximate surface area is 63.2 Å². The molecule has 1 saturated carbocycles. The minimum Gasteiger partial charge on any atom is -0.313 e. The highest BCUT2D eigenvalue weighted by molar-refractivity contribution is 5.05. The summed E-state index contributed by atoms with van der Waals surface area (Å²) < 4.78 is 0. The Morgan fingerprint density at radius 2 is 2.40 bits per heavy atom. The van der Waals surface area contributed by atoms with Crippen molar-refractivity contribution in [2.24, 2.45) is 11.3 Å². The molecule has 2 unspecified atom stereocenters. The molecule has 1 heterocycles. The zero-order valence-corrected chi connectivity index (χ0v) is 6.98. The summed E-state index contributed by atoms with van der Waals surface area (Å²) >= 11 is 0. The van der Waals surface area contributed by atoms with Crippen molar-refractivity contribution in [3.8, 4) is 0 Å². The van der Waals surface area contributed by atoms with Gasteiger partial charge in [0.2, 0.25) is 0 Å². The average molecular weight is 139 g/mol. The van der Waals surface area contributed by atoms with E-state index in [4.69, 9.17) is 0 Å². The number of hydrogen-bond donors (Lipinski definition) is 1. The van der Waals surface area contributed by atoms with E-state index < -0.39 is 0 Å². The average Bonchev–Trinajstić information content (AvgIpc) is 2.12. The zero-order valence-electron chi connectivity index (χ0n) is 6.98. The molecule has 58 valence electrons. The topological polar surface area (TPSA) is 12.0 Å². The second-order valence-electron chi connectivity index (χ2n) is 4.11. The highest BCUT2D eigenvalue weighted by atomic mass is 15.0. The first-order chi connectivity index (χ1) is 4.77. The van der Waals surface area contributed by atoms with E-state index >= 15 is 0 Å². The van der Waals surface area contributed by atoms with Crippen LogP contribution in [0.3, 0.4) is 0 Å². The summed E-state index contributed by atoms with van der Waals surface area (Å²) in [6.45, 7) is 6.04. The van der Waals surface area contributed by atoms with Crippen molar-refractivity contribution in [2.75, 3.05) is 6.54 Å². The molecule has 0 aromatic rings. The summed E-state index contributed by atoms with van der Waals surface area (Å²) in [5, 5.41) is 3.61. The number of hydrogen-bond acceptors (Lipinski definition) is 1. The van der Waals surface area contributed by atoms with Gasteiger partial charge in [0, 0.05) is 6.04 Å². The van der Waals surface area contributed by atoms with Crippen LogP contribution in [0.25, 0.3) is 0 Å². The first-order valence-electron chi connectivity index (χ1n) is 4.50. The first kappa shape index (κ1) is 6.66. The van der Waals surface area contributed by atoms with Crippen LogP contribution in [-0.4, -0.2) is 12.6 Å². The summed E-state index contributed by atoms with van der Waals surface area (Å²) in [4.78, 5) is 0. The molecular formula is C9H17N. The van der Waals surface area contributed by atoms with E-state index in [0.717, 1.165) is 12.0 Å². The molecule has 0 radical (unpaired) electrons. The molecule has 1 nitrogen and oxygen atoms in total. The van der Waals surface area contributed by atoms with E-state index in [-0.39, 0.29) is 0 Å². The molecule has 1 aliphatic heterocycles. The molecule has 0 aromatic carbocycles. The summed E-state index contributed by atoms with van der Waals surface area (Å²) in [5.41, 5.74) is 0.689. The van der Waals surface area contributed by atoms with Crippen molar-refractivity contribution in [2.45, 2.75) is 39.2 Å². The third-order valence-corrected chi connectivity index (χ3v) is 3.78. The van der Waals surface area contributed by atoms with E-state index in [2.05, 4.69) is 19.2 Å². The van der Waals surface area contributed by atoms with Gasteiger partial charge in [0.25, 0.3) is 0 Å². The van der Waals surface area contributed by atoms with Gasteiger partial charge in [-0.25, -0.2) is 0 Å². The minimum atomic E-state index is 0.689. The largest absolute Gasteiger partial charge is 0.313 e. The first-order valence-corrected chi connectivity index (χ1v) is 4.50. The van der Waals surface area contributed by atoms with Crippen LogP contribution in [0, 0.1) is 11.3 Å². The van der Waals surface area contributed by atoms with Gasteiger partial charge in [-0.3, -0.25) is 0 Å². The van der Waals surface area contributed by atoms with Gasteiger partial charge in [-0.15, -0.1) is 0 Å². The quantitative estimate of drug-likeness (QED) is 0.584. The van der Waals surface area contributed by atoms with Crippen molar-refractivity contribution < 1.29 is 0 Å². The Hall–Kier alpha value is -0.0400. The lowest BCUT2D eigenvalue weighted by Crippen LogP contribution is -2.42. The number of nitrogens with one attached hydrogen (secondary N) is 1. The van der Waals surface area contributed by atoms with Crippen molar-refractivity contribution in [3.05, 3.63) is 0 Å². The van der Waals surface area contributed by atoms with E-state index in [1.165, 1.54) is 25.8 Å². The molecule has 1 aliphatic carbocycles. The summed E-state index contributed by atoms with van der Waals surface area (Å²) in [7, 11) is 0. The smallest absolute Gasteiger partial charge is 0.0121 e. The Morgan fingerprint density at radius 1 is 1.60 bits per heavy atom. The highest BCUT2D eigenvalue weighted by Crippen LogP contribution is 2.52. The SMILES string of the molecule is CC[C@H]1NCC2CCC21C. The molecule has 1 heteroatoms. The fourth-order valence-corrected chi connectivity index (χ4v) is 2.73. The second kappa shape index (κ2) is 1.97. The highest BCUT2D eigenvalue weighted by Gasteiger charge is 2.51. The van der Waals surface area contributed by atoms with Crippen LogP contribution in [0.2, 0.25) is 0 Å². The second-order valence-corrected chi connectivity index (χ2v) is 4.11. The molecule has 0 bridgehead atoms. The third kappa shape index (κ3) is 0.619. The Morgan fingerprint density at radius 3 is 2.70 bits per heavy atom. The maximum absolute atomic E-state index is 3.61. The fourth-order valence-electron chi connectivity index (χ4n) is 2.73. The predicted molar refractivity (Wildman–Crippen MR) is 42.9 cm³/mol. The van der Waals surface area contributed by atoms with Gasteiger partial charge >= 0.3 is 0 Å². The van der Waals surface area contributed by atoms with Crippen LogP contribution in [0.15, 0.2) is 0 Å². The fraction of sp³-hybridized carbons (Fsp3) is 1.00. The third-order valence-electron chi connectivity index (χ3n) is 3.78. The Bertz CT molecular complexity index is 144. The van der Waals surface area contributed by atoms with Gasteiger partial charge in [-0.1, -0.05) is 13.8 Å². The van der Waals surface area contributed by atoms with Gasteiger partial charge in [-0.05, 0) is 37.1 Å². The van der Waals surface area contributed by atoms with Crippen LogP contribution >= 0.6 is 0 Å². The molecule has 1 N–H and O–H groups in total. The molecule has 2 rings (SSSR count). The van der Waals surface area contributed by atoms with E-state index in [0.29, 0.717) is 5.41 Å². The maximum Gasteiger partial charge on any atom is 0.0121 e. The minimum absolute atomic E-state index is 0.689. The van der Waals surface area contributed by atoms with Crippen molar-refractivity contribution in [1.29, 1.82) is 0 Å².